The van der Waals surface area contributed by atoms with Crippen LogP contribution in [0.1, 0.15) is 6.92 Å². The van der Waals surface area contributed by atoms with Gasteiger partial charge in [-0.2, -0.15) is 0 Å². The Morgan fingerprint density at radius 3 is 2.15 bits per heavy atom. The van der Waals surface area contributed by atoms with Gasteiger partial charge < -0.3 is 14.2 Å². The van der Waals surface area contributed by atoms with Crippen LogP contribution in [0.15, 0.2) is 25.3 Å². The summed E-state index contributed by atoms with van der Waals surface area (Å²) in [5, 5.41) is 1.08. The molecule has 0 fully saturated rings. The minimum atomic E-state index is -0.715. The fourth-order valence-electron chi connectivity index (χ4n) is 1.05. The highest BCUT2D eigenvalue weighted by molar-refractivity contribution is 9.09. The van der Waals surface area contributed by atoms with Crippen LogP contribution in [0.4, 0.5) is 0 Å². The predicted octanol–water partition coefficient (Wildman–Crippen LogP) is 2.58. The minimum Gasteiger partial charge on any atom is -0.462 e. The SMILES string of the molecule is C=CC(=O)OCC(CBr)(CBr)COC(C)OC(=O)C=C. The van der Waals surface area contributed by atoms with E-state index in [2.05, 4.69) is 45.0 Å². The summed E-state index contributed by atoms with van der Waals surface area (Å²) >= 11 is 6.74. The van der Waals surface area contributed by atoms with Gasteiger partial charge in [0.25, 0.3) is 0 Å². The largest absolute Gasteiger partial charge is 0.462 e. The van der Waals surface area contributed by atoms with Crippen LogP contribution in [0.3, 0.4) is 0 Å². The van der Waals surface area contributed by atoms with Crippen molar-refractivity contribution in [2.45, 2.75) is 13.2 Å². The van der Waals surface area contributed by atoms with E-state index in [0.717, 1.165) is 12.2 Å². The van der Waals surface area contributed by atoms with Gasteiger partial charge in [-0.3, -0.25) is 0 Å². The second kappa shape index (κ2) is 10.1. The molecule has 0 aliphatic heterocycles. The summed E-state index contributed by atoms with van der Waals surface area (Å²) in [6, 6.07) is 0. The van der Waals surface area contributed by atoms with E-state index in [1.165, 1.54) is 0 Å². The highest BCUT2D eigenvalue weighted by atomic mass is 79.9. The van der Waals surface area contributed by atoms with Crippen molar-refractivity contribution < 1.29 is 23.8 Å². The van der Waals surface area contributed by atoms with Gasteiger partial charge in [0.2, 0.25) is 0 Å². The van der Waals surface area contributed by atoms with Crippen molar-refractivity contribution in [2.75, 3.05) is 23.9 Å². The lowest BCUT2D eigenvalue weighted by molar-refractivity contribution is -0.175. The first kappa shape index (κ1) is 19.3. The standard InChI is InChI=1S/C13H18Br2O5/c1-4-11(16)19-9-13(6-14,7-15)8-18-10(3)20-12(17)5-2/h4-5,10H,1-2,6-9H2,3H3. The summed E-state index contributed by atoms with van der Waals surface area (Å²) in [6.07, 6.45) is 1.45. The summed E-state index contributed by atoms with van der Waals surface area (Å²) in [6.45, 7) is 8.62. The van der Waals surface area contributed by atoms with E-state index in [-0.39, 0.29) is 13.2 Å². The molecule has 1 unspecified atom stereocenters. The van der Waals surface area contributed by atoms with Crippen molar-refractivity contribution in [1.29, 1.82) is 0 Å². The smallest absolute Gasteiger partial charge is 0.332 e. The number of hydrogen-bond donors (Lipinski definition) is 0. The molecular weight excluding hydrogens is 396 g/mol. The Balaban J connectivity index is 4.44. The van der Waals surface area contributed by atoms with Crippen LogP contribution in [-0.4, -0.2) is 42.1 Å². The summed E-state index contributed by atoms with van der Waals surface area (Å²) in [5.74, 6) is -1.05. The monoisotopic (exact) mass is 412 g/mol. The Bertz CT molecular complexity index is 353. The van der Waals surface area contributed by atoms with Gasteiger partial charge in [-0.15, -0.1) is 0 Å². The maximum atomic E-state index is 11.1. The molecule has 5 nitrogen and oxygen atoms in total. The number of halogens is 2. The summed E-state index contributed by atoms with van der Waals surface area (Å²) in [7, 11) is 0. The number of alkyl halides is 2. The number of hydrogen-bond acceptors (Lipinski definition) is 5. The first-order chi connectivity index (χ1) is 9.42. The average molecular weight is 414 g/mol. The first-order valence-electron chi connectivity index (χ1n) is 5.79. The van der Waals surface area contributed by atoms with Crippen molar-refractivity contribution >= 4 is 43.8 Å². The van der Waals surface area contributed by atoms with Crippen LogP contribution >= 0.6 is 31.9 Å². The van der Waals surface area contributed by atoms with Gasteiger partial charge in [-0.25, -0.2) is 9.59 Å². The molecule has 0 N–H and O–H groups in total. The maximum absolute atomic E-state index is 11.1. The Kier molecular flexibility index (Phi) is 9.79. The Morgan fingerprint density at radius 2 is 1.70 bits per heavy atom. The van der Waals surface area contributed by atoms with E-state index < -0.39 is 23.6 Å². The molecule has 1 atom stereocenters. The van der Waals surface area contributed by atoms with Crippen LogP contribution in [0.2, 0.25) is 0 Å². The predicted molar refractivity (Wildman–Crippen MR) is 82.9 cm³/mol. The fourth-order valence-corrected chi connectivity index (χ4v) is 2.63. The van der Waals surface area contributed by atoms with Crippen molar-refractivity contribution in [2.24, 2.45) is 5.41 Å². The van der Waals surface area contributed by atoms with Crippen molar-refractivity contribution in [3.05, 3.63) is 25.3 Å². The molecule has 0 aliphatic rings. The molecule has 0 heterocycles. The van der Waals surface area contributed by atoms with E-state index in [4.69, 9.17) is 14.2 Å². The molecule has 0 spiro atoms. The molecule has 20 heavy (non-hydrogen) atoms. The second-order valence-corrected chi connectivity index (χ2v) is 5.22. The van der Waals surface area contributed by atoms with Gasteiger partial charge in [-0.05, 0) is 6.92 Å². The molecular formula is C13H18Br2O5. The quantitative estimate of drug-likeness (QED) is 0.238. The lowest BCUT2D eigenvalue weighted by atomic mass is 9.96. The third kappa shape index (κ3) is 7.21. The highest BCUT2D eigenvalue weighted by Crippen LogP contribution is 2.25. The molecule has 0 aromatic heterocycles. The average Bonchev–Trinajstić information content (AvgIpc) is 2.47. The van der Waals surface area contributed by atoms with Crippen LogP contribution in [0.5, 0.6) is 0 Å². The molecule has 0 rings (SSSR count). The molecule has 0 aromatic carbocycles. The van der Waals surface area contributed by atoms with Gasteiger partial charge in [0.15, 0.2) is 6.29 Å². The summed E-state index contributed by atoms with van der Waals surface area (Å²) in [5.41, 5.74) is -0.465. The lowest BCUT2D eigenvalue weighted by Gasteiger charge is -2.30. The molecule has 0 radical (unpaired) electrons. The maximum Gasteiger partial charge on any atom is 0.332 e. The van der Waals surface area contributed by atoms with E-state index in [1.807, 2.05) is 0 Å². The highest BCUT2D eigenvalue weighted by Gasteiger charge is 2.31. The third-order valence-corrected chi connectivity index (χ3v) is 4.71. The summed E-state index contributed by atoms with van der Waals surface area (Å²) < 4.78 is 15.4. The second-order valence-electron chi connectivity index (χ2n) is 4.10. The van der Waals surface area contributed by atoms with Crippen molar-refractivity contribution in [3.63, 3.8) is 0 Å². The molecule has 0 saturated carbocycles. The summed E-state index contributed by atoms with van der Waals surface area (Å²) in [4.78, 5) is 22.1. The van der Waals surface area contributed by atoms with E-state index >= 15 is 0 Å². The first-order valence-corrected chi connectivity index (χ1v) is 8.03. The van der Waals surface area contributed by atoms with Crippen LogP contribution in [0, 0.1) is 5.41 Å². The van der Waals surface area contributed by atoms with Crippen LogP contribution < -0.4 is 0 Å². The van der Waals surface area contributed by atoms with E-state index in [0.29, 0.717) is 10.7 Å². The lowest BCUT2D eigenvalue weighted by Crippen LogP contribution is -2.38. The zero-order valence-corrected chi connectivity index (χ0v) is 14.4. The van der Waals surface area contributed by atoms with E-state index in [9.17, 15) is 9.59 Å². The van der Waals surface area contributed by atoms with E-state index in [1.54, 1.807) is 6.92 Å². The molecule has 0 aromatic rings. The van der Waals surface area contributed by atoms with Crippen molar-refractivity contribution in [3.8, 4) is 0 Å². The zero-order chi connectivity index (χ0) is 15.6. The number of ether oxygens (including phenoxy) is 3. The number of carbonyl (C=O) groups excluding carboxylic acids is 2. The molecule has 114 valence electrons. The Hall–Kier alpha value is -0.660. The zero-order valence-electron chi connectivity index (χ0n) is 11.3. The minimum absolute atomic E-state index is 0.149. The van der Waals surface area contributed by atoms with Gasteiger partial charge in [-0.1, -0.05) is 45.0 Å². The van der Waals surface area contributed by atoms with Gasteiger partial charge in [0.05, 0.1) is 6.61 Å². The molecule has 0 bridgehead atoms. The van der Waals surface area contributed by atoms with Gasteiger partial charge >= 0.3 is 11.9 Å². The number of rotatable bonds is 10. The fraction of sp³-hybridized carbons (Fsp3) is 0.538. The molecule has 0 aliphatic carbocycles. The molecule has 0 amide bonds. The topological polar surface area (TPSA) is 61.8 Å². The van der Waals surface area contributed by atoms with Crippen LogP contribution in [0.25, 0.3) is 0 Å². The molecule has 7 heteroatoms. The Morgan fingerprint density at radius 1 is 1.15 bits per heavy atom. The Labute approximate surface area is 135 Å². The van der Waals surface area contributed by atoms with Crippen LogP contribution in [-0.2, 0) is 23.8 Å². The number of esters is 2. The molecule has 0 saturated heterocycles. The van der Waals surface area contributed by atoms with Gasteiger partial charge in [0, 0.05) is 28.2 Å². The number of carbonyl (C=O) groups is 2. The third-order valence-electron chi connectivity index (χ3n) is 2.33. The van der Waals surface area contributed by atoms with Gasteiger partial charge in [0.1, 0.15) is 6.61 Å². The normalized spacial score (nSPS) is 12.3. The van der Waals surface area contributed by atoms with Crippen molar-refractivity contribution in [1.82, 2.24) is 0 Å².